The molecule has 3 spiro atoms. The summed E-state index contributed by atoms with van der Waals surface area (Å²) in [5, 5.41) is 17.8. The fourth-order valence-corrected chi connectivity index (χ4v) is 12.5. The van der Waals surface area contributed by atoms with Gasteiger partial charge in [0.05, 0.1) is 52.4 Å². The summed E-state index contributed by atoms with van der Waals surface area (Å²) in [6.45, 7) is 5.89. The number of nitriles is 1. The second-order valence-corrected chi connectivity index (χ2v) is 20.7. The predicted octanol–water partition coefficient (Wildman–Crippen LogP) is 6.60. The van der Waals surface area contributed by atoms with E-state index in [4.69, 9.17) is 9.47 Å². The third-order valence-corrected chi connectivity index (χ3v) is 16.5. The highest BCUT2D eigenvalue weighted by Gasteiger charge is 2.55. The van der Waals surface area contributed by atoms with Gasteiger partial charge in [0.2, 0.25) is 5.91 Å². The molecule has 5 aliphatic heterocycles. The molecular weight excluding hydrogens is 869 g/mol. The van der Waals surface area contributed by atoms with E-state index in [9.17, 15) is 19.6 Å². The monoisotopic (exact) mass is 917 g/mol. The van der Waals surface area contributed by atoms with Gasteiger partial charge in [0, 0.05) is 88.3 Å². The van der Waals surface area contributed by atoms with E-state index in [2.05, 4.69) is 40.3 Å². The maximum absolute atomic E-state index is 15.7. The van der Waals surface area contributed by atoms with Crippen LogP contribution < -0.4 is 30.1 Å². The number of likely N-dealkylation sites (tertiary alicyclic amines) is 1. The van der Waals surface area contributed by atoms with E-state index in [1.807, 2.05) is 6.07 Å². The van der Waals surface area contributed by atoms with Crippen molar-refractivity contribution in [2.24, 2.45) is 17.9 Å². The Bertz CT molecular complexity index is 2950. The summed E-state index contributed by atoms with van der Waals surface area (Å²) >= 11 is 1.43. The lowest BCUT2D eigenvalue weighted by molar-refractivity contribution is -0.120. The summed E-state index contributed by atoms with van der Waals surface area (Å²) in [6, 6.07) is 12.8. The molecule has 2 saturated carbocycles. The lowest BCUT2D eigenvalue weighted by Gasteiger charge is -2.62. The lowest BCUT2D eigenvalue weighted by Crippen LogP contribution is -2.67. The number of ether oxygens (including phenoxy) is 2. The number of anilines is 3. The zero-order chi connectivity index (χ0) is 45.1. The van der Waals surface area contributed by atoms with Crippen LogP contribution in [0.4, 0.5) is 30.8 Å². The van der Waals surface area contributed by atoms with Crippen LogP contribution in [-0.2, 0) is 16.6 Å². The van der Waals surface area contributed by atoms with Gasteiger partial charge >= 0.3 is 6.03 Å². The summed E-state index contributed by atoms with van der Waals surface area (Å²) in [7, 11) is 1.77. The number of hydrogen-bond donors (Lipinski definition) is 2. The molecule has 342 valence electrons. The molecule has 19 heteroatoms. The van der Waals surface area contributed by atoms with Crippen molar-refractivity contribution >= 4 is 63.1 Å². The Morgan fingerprint density at radius 3 is 2.48 bits per heavy atom. The minimum absolute atomic E-state index is 0.0498. The Kier molecular flexibility index (Phi) is 9.69. The van der Waals surface area contributed by atoms with E-state index in [0.717, 1.165) is 70.5 Å². The zero-order valence-corrected chi connectivity index (χ0v) is 37.3. The van der Waals surface area contributed by atoms with Gasteiger partial charge in [-0.2, -0.15) is 10.4 Å². The molecule has 7 fully saturated rings. The van der Waals surface area contributed by atoms with Crippen molar-refractivity contribution in [3.63, 3.8) is 0 Å². The smallest absolute Gasteiger partial charge is 0.329 e. The molecule has 0 radical (unpaired) electrons. The molecule has 3 aromatic carbocycles. The fourth-order valence-electron chi connectivity index (χ4n) is 11.6. The summed E-state index contributed by atoms with van der Waals surface area (Å²) < 4.78 is 52.4. The molecule has 7 aliphatic rings. The van der Waals surface area contributed by atoms with Crippen molar-refractivity contribution in [1.29, 1.82) is 5.26 Å². The van der Waals surface area contributed by atoms with Crippen LogP contribution in [0, 0.1) is 33.8 Å². The van der Waals surface area contributed by atoms with Crippen molar-refractivity contribution in [2.75, 3.05) is 66.9 Å². The molecule has 1 atom stereocenters. The SMILES string of the molecule is Cn1nc(N2CCC(=O)NC2=O)c2cc(F)c(N3CC4(CC(N5CCC6(CC5)CC(n5cnc7ccc(Oc8c(F)ccc(NSN9CCC%10(CC%10)C9)c8C#N)cc7c5=O)CO6)C4)C3)cc21. The number of carbonyl (C=O) groups excluding carboxylic acids is 2. The first kappa shape index (κ1) is 41.6. The van der Waals surface area contributed by atoms with E-state index in [1.54, 1.807) is 46.9 Å². The van der Waals surface area contributed by atoms with Gasteiger partial charge in [-0.3, -0.25) is 29.1 Å². The molecule has 3 amide bonds. The third-order valence-electron chi connectivity index (χ3n) is 15.6. The number of halogens is 2. The number of nitrogens with one attached hydrogen (secondary N) is 2. The minimum Gasteiger partial charge on any atom is -0.453 e. The van der Waals surface area contributed by atoms with E-state index in [1.165, 1.54) is 48.4 Å². The maximum Gasteiger partial charge on any atom is 0.329 e. The maximum atomic E-state index is 15.7. The average Bonchev–Trinajstić information content (AvgIpc) is 3.55. The average molecular weight is 918 g/mol. The second kappa shape index (κ2) is 15.4. The Balaban J connectivity index is 0.662. The summed E-state index contributed by atoms with van der Waals surface area (Å²) in [4.78, 5) is 49.0. The molecule has 0 bridgehead atoms. The highest BCUT2D eigenvalue weighted by molar-refractivity contribution is 7.98. The molecule has 16 nitrogen and oxygen atoms in total. The third kappa shape index (κ3) is 7.06. The molecule has 5 saturated heterocycles. The number of rotatable bonds is 9. The molecule has 5 aromatic rings. The number of carbonyl (C=O) groups is 2. The normalized spacial score (nSPS) is 23.5. The molecule has 66 heavy (non-hydrogen) atoms. The van der Waals surface area contributed by atoms with Crippen molar-refractivity contribution in [1.82, 2.24) is 33.9 Å². The Labute approximate surface area is 383 Å². The zero-order valence-electron chi connectivity index (χ0n) is 36.5. The van der Waals surface area contributed by atoms with E-state index < -0.39 is 11.8 Å². The van der Waals surface area contributed by atoms with Gasteiger partial charge in [-0.05, 0) is 99.2 Å². The van der Waals surface area contributed by atoms with Crippen LogP contribution in [0.2, 0.25) is 0 Å². The van der Waals surface area contributed by atoms with Crippen LogP contribution >= 0.6 is 12.1 Å². The molecule has 7 heterocycles. The molecule has 2 N–H and O–H groups in total. The number of hydrogen-bond acceptors (Lipinski definition) is 13. The van der Waals surface area contributed by atoms with Gasteiger partial charge < -0.3 is 24.0 Å². The molecule has 1 unspecified atom stereocenters. The number of piperidine rings is 1. The summed E-state index contributed by atoms with van der Waals surface area (Å²) in [5.41, 5.74) is 2.29. The first-order valence-electron chi connectivity index (χ1n) is 22.9. The first-order chi connectivity index (χ1) is 31.9. The Morgan fingerprint density at radius 1 is 0.909 bits per heavy atom. The van der Waals surface area contributed by atoms with Crippen LogP contribution in [-0.4, -0.2) is 105 Å². The molecule has 12 rings (SSSR count). The Hall–Kier alpha value is -5.81. The molecular formula is C47H49F2N11O5S. The van der Waals surface area contributed by atoms with E-state index in [-0.39, 0.29) is 64.4 Å². The quantitative estimate of drug-likeness (QED) is 0.152. The standard InChI is InChI=1S/C47H49F2N11O5S/c1-55-38-18-39(35(49)17-32(38)42(53-55)59-12-6-40(61)52-44(59)63)57-24-46(25-57)19-28(20-46)56-13-10-47(11-14-56)21-29(23-64-47)60-27-51-36-4-2-30(16-31(36)43(60)62)65-41-33(22-50)37(5-3-34(41)48)54-66-58-15-9-45(26-58)7-8-45/h2-5,16-18,27-29,54H,6-15,19-21,23-26H2,1H3,(H,52,61,63). The fraction of sp³-hybridized carbons (Fsp3) is 0.489. The van der Waals surface area contributed by atoms with Crippen molar-refractivity contribution < 1.29 is 27.8 Å². The number of amides is 3. The number of fused-ring (bicyclic) bond motifs is 2. The van der Waals surface area contributed by atoms with Crippen molar-refractivity contribution in [3.8, 4) is 17.6 Å². The number of urea groups is 1. The van der Waals surface area contributed by atoms with Crippen LogP contribution in [0.1, 0.15) is 69.4 Å². The molecule has 2 aliphatic carbocycles. The second-order valence-electron chi connectivity index (χ2n) is 19.8. The lowest BCUT2D eigenvalue weighted by atomic mass is 9.59. The van der Waals surface area contributed by atoms with Crippen molar-refractivity contribution in [2.45, 2.75) is 75.5 Å². The Morgan fingerprint density at radius 2 is 1.73 bits per heavy atom. The number of aryl methyl sites for hydroxylation is 1. The van der Waals surface area contributed by atoms with Gasteiger partial charge in [0.1, 0.15) is 23.2 Å². The van der Waals surface area contributed by atoms with Crippen LogP contribution in [0.5, 0.6) is 11.5 Å². The molecule has 2 aromatic heterocycles. The highest BCUT2D eigenvalue weighted by atomic mass is 32.2. The van der Waals surface area contributed by atoms with Gasteiger partial charge in [0.15, 0.2) is 17.4 Å². The number of aromatic nitrogens is 4. The minimum atomic E-state index is -0.675. The number of imide groups is 1. The van der Waals surface area contributed by atoms with Gasteiger partial charge in [-0.15, -0.1) is 0 Å². The van der Waals surface area contributed by atoms with Gasteiger partial charge in [-0.1, -0.05) is 0 Å². The van der Waals surface area contributed by atoms with Crippen LogP contribution in [0.3, 0.4) is 0 Å². The van der Waals surface area contributed by atoms with E-state index >= 15 is 8.78 Å². The summed E-state index contributed by atoms with van der Waals surface area (Å²) in [5.74, 6) is -1.00. The number of nitrogens with zero attached hydrogens (tertiary/aromatic N) is 9. The van der Waals surface area contributed by atoms with Crippen LogP contribution in [0.15, 0.2) is 53.6 Å². The largest absolute Gasteiger partial charge is 0.453 e. The first-order valence-corrected chi connectivity index (χ1v) is 23.7. The van der Waals surface area contributed by atoms with Gasteiger partial charge in [0.25, 0.3) is 5.56 Å². The number of benzene rings is 3. The van der Waals surface area contributed by atoms with E-state index in [0.29, 0.717) is 58.0 Å². The van der Waals surface area contributed by atoms with Crippen molar-refractivity contribution in [3.05, 3.63) is 76.3 Å². The van der Waals surface area contributed by atoms with Gasteiger partial charge in [-0.25, -0.2) is 22.9 Å². The highest BCUT2D eigenvalue weighted by Crippen LogP contribution is 2.55. The summed E-state index contributed by atoms with van der Waals surface area (Å²) in [6.07, 6.45) is 9.95. The predicted molar refractivity (Wildman–Crippen MR) is 243 cm³/mol. The topological polar surface area (TPSA) is 166 Å². The van der Waals surface area contributed by atoms with Crippen LogP contribution in [0.25, 0.3) is 21.8 Å².